The van der Waals surface area contributed by atoms with Crippen LogP contribution in [0.2, 0.25) is 0 Å². The minimum absolute atomic E-state index is 0.00923. The molecule has 0 radical (unpaired) electrons. The van der Waals surface area contributed by atoms with Crippen LogP contribution in [0.3, 0.4) is 0 Å². The first-order valence-corrected chi connectivity index (χ1v) is 12.9. The summed E-state index contributed by atoms with van der Waals surface area (Å²) in [5.74, 6) is -0.524. The van der Waals surface area contributed by atoms with Crippen LogP contribution in [0, 0.1) is 6.92 Å². The minimum Gasteiger partial charge on any atom is -0.495 e. The van der Waals surface area contributed by atoms with Gasteiger partial charge in [0.2, 0.25) is 0 Å². The number of urea groups is 1. The van der Waals surface area contributed by atoms with E-state index in [4.69, 9.17) is 10.5 Å². The van der Waals surface area contributed by atoms with Crippen molar-refractivity contribution in [2.45, 2.75) is 25.8 Å². The standard InChI is InChI=1S/C29H34N6O6/c1-18-5-3-4-6-23(18)34-29(40)35-24-9-7-19(12-26(24)41-2)11-21(36)16-33-27-10-8-20(15-32-27)25(13-28(38)39)31-17-22(37)14-30/h3-10,12,15,25,31H,11,13-14,16-17,30H2,1-2H3,(H,32,33)(H,38,39)(H2,34,35,40). The minimum atomic E-state index is -1.03. The molecule has 216 valence electrons. The molecule has 0 spiro atoms. The number of benzene rings is 2. The Balaban J connectivity index is 1.54. The van der Waals surface area contributed by atoms with Crippen molar-refractivity contribution in [3.05, 3.63) is 77.5 Å². The summed E-state index contributed by atoms with van der Waals surface area (Å²) in [5, 5.41) is 20.6. The van der Waals surface area contributed by atoms with Crippen molar-refractivity contribution in [2.75, 3.05) is 42.7 Å². The van der Waals surface area contributed by atoms with Gasteiger partial charge in [-0.1, -0.05) is 30.3 Å². The summed E-state index contributed by atoms with van der Waals surface area (Å²) in [6.45, 7) is 1.72. The van der Waals surface area contributed by atoms with Crippen LogP contribution < -0.4 is 31.7 Å². The molecule has 0 saturated carbocycles. The van der Waals surface area contributed by atoms with Crippen LogP contribution >= 0.6 is 0 Å². The first-order valence-electron chi connectivity index (χ1n) is 12.9. The molecule has 2 amide bonds. The third kappa shape index (κ3) is 9.71. The van der Waals surface area contributed by atoms with Gasteiger partial charge in [0.05, 0.1) is 38.9 Å². The summed E-state index contributed by atoms with van der Waals surface area (Å²) in [5.41, 5.74) is 8.68. The lowest BCUT2D eigenvalue weighted by atomic mass is 10.1. The fourth-order valence-electron chi connectivity index (χ4n) is 3.92. The number of nitrogens with two attached hydrogens (primary N) is 1. The number of Topliss-reactive ketones (excluding diaryl/α,β-unsaturated/α-hetero) is 2. The normalized spacial score (nSPS) is 11.3. The molecule has 0 aliphatic rings. The number of aliphatic carboxylic acids is 1. The van der Waals surface area contributed by atoms with E-state index in [-0.39, 0.29) is 44.0 Å². The summed E-state index contributed by atoms with van der Waals surface area (Å²) < 4.78 is 5.42. The van der Waals surface area contributed by atoms with Gasteiger partial charge in [-0.05, 0) is 47.9 Å². The number of nitrogens with zero attached hydrogens (tertiary/aromatic N) is 1. The number of hydrogen-bond donors (Lipinski definition) is 6. The number of pyridine rings is 1. The number of ether oxygens (including phenoxy) is 1. The molecule has 1 unspecified atom stereocenters. The third-order valence-corrected chi connectivity index (χ3v) is 6.12. The highest BCUT2D eigenvalue weighted by Crippen LogP contribution is 2.26. The fourth-order valence-corrected chi connectivity index (χ4v) is 3.92. The van der Waals surface area contributed by atoms with Crippen LogP contribution in [-0.2, 0) is 20.8 Å². The number of ketones is 2. The van der Waals surface area contributed by atoms with Crippen molar-refractivity contribution in [1.82, 2.24) is 10.3 Å². The zero-order valence-corrected chi connectivity index (χ0v) is 22.9. The SMILES string of the molecule is COc1cc(CC(=O)CNc2ccc(C(CC(=O)O)NCC(=O)CN)cn2)ccc1NC(=O)Nc1ccccc1C. The van der Waals surface area contributed by atoms with Gasteiger partial charge >= 0.3 is 12.0 Å². The molecule has 3 rings (SSSR count). The van der Waals surface area contributed by atoms with Crippen molar-refractivity contribution in [3.63, 3.8) is 0 Å². The molecule has 1 atom stereocenters. The Morgan fingerprint density at radius 3 is 2.39 bits per heavy atom. The molecule has 41 heavy (non-hydrogen) atoms. The lowest BCUT2D eigenvalue weighted by Crippen LogP contribution is -2.32. The molecule has 0 saturated heterocycles. The molecule has 0 aliphatic heterocycles. The number of carboxylic acids is 1. The smallest absolute Gasteiger partial charge is 0.323 e. The number of para-hydroxylation sites is 1. The van der Waals surface area contributed by atoms with Crippen LogP contribution in [0.25, 0.3) is 0 Å². The second-order valence-electron chi connectivity index (χ2n) is 9.25. The number of hydrogen-bond acceptors (Lipinski definition) is 9. The Bertz CT molecular complexity index is 1380. The Labute approximate surface area is 237 Å². The number of anilines is 3. The van der Waals surface area contributed by atoms with Gasteiger partial charge in [0, 0.05) is 24.3 Å². The topological polar surface area (TPSA) is 185 Å². The predicted octanol–water partition coefficient (Wildman–Crippen LogP) is 2.90. The lowest BCUT2D eigenvalue weighted by Gasteiger charge is -2.17. The molecule has 12 heteroatoms. The van der Waals surface area contributed by atoms with Crippen LogP contribution in [0.5, 0.6) is 5.75 Å². The summed E-state index contributed by atoms with van der Waals surface area (Å²) in [6.07, 6.45) is 1.38. The maximum atomic E-state index is 12.6. The number of carboxylic acid groups (broad SMARTS) is 1. The van der Waals surface area contributed by atoms with Crippen molar-refractivity contribution >= 4 is 40.8 Å². The summed E-state index contributed by atoms with van der Waals surface area (Å²) >= 11 is 0. The fraction of sp³-hybridized carbons (Fsp3) is 0.276. The van der Waals surface area contributed by atoms with Gasteiger partial charge in [0.1, 0.15) is 11.6 Å². The molecule has 0 fully saturated rings. The van der Waals surface area contributed by atoms with E-state index < -0.39 is 18.0 Å². The average molecular weight is 563 g/mol. The number of carbonyl (C=O) groups excluding carboxylic acids is 3. The number of aromatic nitrogens is 1. The van der Waals surface area contributed by atoms with Gasteiger partial charge in [-0.2, -0.15) is 0 Å². The predicted molar refractivity (Wildman–Crippen MR) is 155 cm³/mol. The van der Waals surface area contributed by atoms with Crippen molar-refractivity contribution in [3.8, 4) is 5.75 Å². The van der Waals surface area contributed by atoms with E-state index >= 15 is 0 Å². The first kappa shape index (κ1) is 30.7. The van der Waals surface area contributed by atoms with Crippen molar-refractivity contribution in [1.29, 1.82) is 0 Å². The number of methoxy groups -OCH3 is 1. The van der Waals surface area contributed by atoms with Crippen molar-refractivity contribution < 1.29 is 29.0 Å². The molecule has 7 N–H and O–H groups in total. The molecule has 1 aromatic heterocycles. The van der Waals surface area contributed by atoms with Gasteiger partial charge in [0.25, 0.3) is 0 Å². The van der Waals surface area contributed by atoms with Gasteiger partial charge in [0.15, 0.2) is 11.6 Å². The number of rotatable bonds is 15. The highest BCUT2D eigenvalue weighted by molar-refractivity contribution is 6.01. The Morgan fingerprint density at radius 2 is 1.73 bits per heavy atom. The molecule has 3 aromatic rings. The Kier molecular flexibility index (Phi) is 11.3. The molecule has 12 nitrogen and oxygen atoms in total. The molecule has 1 heterocycles. The summed E-state index contributed by atoms with van der Waals surface area (Å²) in [6, 6.07) is 14.8. The van der Waals surface area contributed by atoms with Gasteiger partial charge in [-0.3, -0.25) is 14.4 Å². The summed E-state index contributed by atoms with van der Waals surface area (Å²) in [4.78, 5) is 52.1. The maximum absolute atomic E-state index is 12.6. The number of carbonyl (C=O) groups is 4. The average Bonchev–Trinajstić information content (AvgIpc) is 2.96. The quantitative estimate of drug-likeness (QED) is 0.161. The van der Waals surface area contributed by atoms with E-state index in [0.717, 1.165) is 5.56 Å². The molecule has 0 bridgehead atoms. The van der Waals surface area contributed by atoms with E-state index in [1.165, 1.54) is 13.3 Å². The number of nitrogens with one attached hydrogen (secondary N) is 4. The van der Waals surface area contributed by atoms with Crippen LogP contribution in [0.15, 0.2) is 60.8 Å². The van der Waals surface area contributed by atoms with E-state index in [1.807, 2.05) is 25.1 Å². The zero-order valence-electron chi connectivity index (χ0n) is 22.9. The van der Waals surface area contributed by atoms with E-state index in [0.29, 0.717) is 34.1 Å². The highest BCUT2D eigenvalue weighted by Gasteiger charge is 2.17. The Hall–Kier alpha value is -4.81. The van der Waals surface area contributed by atoms with Crippen LogP contribution in [0.4, 0.5) is 22.0 Å². The van der Waals surface area contributed by atoms with Gasteiger partial charge < -0.3 is 36.8 Å². The first-order chi connectivity index (χ1) is 19.7. The van der Waals surface area contributed by atoms with E-state index in [2.05, 4.69) is 26.3 Å². The van der Waals surface area contributed by atoms with Gasteiger partial charge in [-0.15, -0.1) is 0 Å². The largest absolute Gasteiger partial charge is 0.495 e. The molecular formula is C29H34N6O6. The maximum Gasteiger partial charge on any atom is 0.323 e. The monoisotopic (exact) mass is 562 g/mol. The second kappa shape index (κ2) is 15.1. The van der Waals surface area contributed by atoms with Crippen LogP contribution in [-0.4, -0.2) is 60.4 Å². The number of aryl methyl sites for hydroxylation is 1. The highest BCUT2D eigenvalue weighted by atomic mass is 16.5. The lowest BCUT2D eigenvalue weighted by molar-refractivity contribution is -0.137. The zero-order chi connectivity index (χ0) is 29.8. The van der Waals surface area contributed by atoms with E-state index in [1.54, 1.807) is 36.4 Å². The van der Waals surface area contributed by atoms with Crippen LogP contribution in [0.1, 0.15) is 29.2 Å². The van der Waals surface area contributed by atoms with E-state index in [9.17, 15) is 24.3 Å². The third-order valence-electron chi connectivity index (χ3n) is 6.12. The molecular weight excluding hydrogens is 528 g/mol. The van der Waals surface area contributed by atoms with Crippen molar-refractivity contribution in [2.24, 2.45) is 5.73 Å². The molecule has 0 aliphatic carbocycles. The second-order valence-corrected chi connectivity index (χ2v) is 9.25. The molecule has 2 aromatic carbocycles. The Morgan fingerprint density at radius 1 is 0.976 bits per heavy atom. The summed E-state index contributed by atoms with van der Waals surface area (Å²) in [7, 11) is 1.48. The number of amides is 2. The van der Waals surface area contributed by atoms with Gasteiger partial charge in [-0.25, -0.2) is 9.78 Å².